The second-order valence-corrected chi connectivity index (χ2v) is 3.98. The number of pyridine rings is 1. The summed E-state index contributed by atoms with van der Waals surface area (Å²) in [6.07, 6.45) is 2.58. The molecule has 1 aliphatic heterocycles. The van der Waals surface area contributed by atoms with Gasteiger partial charge in [-0.15, -0.1) is 0 Å². The van der Waals surface area contributed by atoms with Crippen LogP contribution in [0.25, 0.3) is 0 Å². The number of aromatic hydroxyl groups is 1. The summed E-state index contributed by atoms with van der Waals surface area (Å²) in [6.45, 7) is 3.45. The maximum atomic E-state index is 10.0. The Morgan fingerprint density at radius 2 is 2.12 bits per heavy atom. The van der Waals surface area contributed by atoms with E-state index in [9.17, 15) is 10.2 Å². The first kappa shape index (κ1) is 11.3. The lowest BCUT2D eigenvalue weighted by atomic mass is 10.0. The van der Waals surface area contributed by atoms with Crippen LogP contribution in [0.2, 0.25) is 0 Å². The summed E-state index contributed by atoms with van der Waals surface area (Å²) < 4.78 is 0. The van der Waals surface area contributed by atoms with Crippen molar-refractivity contribution in [3.05, 3.63) is 23.0 Å². The minimum absolute atomic E-state index is 0.0994. The second-order valence-electron chi connectivity index (χ2n) is 3.98. The van der Waals surface area contributed by atoms with Crippen molar-refractivity contribution in [2.24, 2.45) is 0 Å². The number of rotatable bonds is 2. The van der Waals surface area contributed by atoms with Gasteiger partial charge in [0.25, 0.3) is 0 Å². The molecule has 1 saturated heterocycles. The van der Waals surface area contributed by atoms with Crippen molar-refractivity contribution in [2.75, 3.05) is 13.1 Å². The van der Waals surface area contributed by atoms with E-state index in [0.29, 0.717) is 11.3 Å². The summed E-state index contributed by atoms with van der Waals surface area (Å²) in [5.74, 6) is 0.165. The molecule has 16 heavy (non-hydrogen) atoms. The normalized spacial score (nSPS) is 17.6. The van der Waals surface area contributed by atoms with Gasteiger partial charge in [-0.1, -0.05) is 0 Å². The van der Waals surface area contributed by atoms with Gasteiger partial charge in [-0.25, -0.2) is 0 Å². The molecular weight excluding hydrogens is 206 g/mol. The van der Waals surface area contributed by atoms with Crippen molar-refractivity contribution >= 4 is 0 Å². The van der Waals surface area contributed by atoms with E-state index in [-0.39, 0.29) is 18.5 Å². The van der Waals surface area contributed by atoms with E-state index >= 15 is 0 Å². The molecule has 1 aromatic rings. The molecule has 2 heterocycles. The second kappa shape index (κ2) is 4.78. The molecule has 0 spiro atoms. The summed E-state index contributed by atoms with van der Waals surface area (Å²) in [7, 11) is 0. The number of hydrogen-bond acceptors (Lipinski definition) is 5. The molecular formula is C11H17N3O2. The first-order valence-electron chi connectivity index (χ1n) is 5.49. The summed E-state index contributed by atoms with van der Waals surface area (Å²) in [5, 5.41) is 25.8. The van der Waals surface area contributed by atoms with E-state index in [1.807, 2.05) is 0 Å². The lowest BCUT2D eigenvalue weighted by Crippen LogP contribution is -2.41. The topological polar surface area (TPSA) is 77.4 Å². The van der Waals surface area contributed by atoms with E-state index in [1.54, 1.807) is 13.1 Å². The van der Waals surface area contributed by atoms with Crippen molar-refractivity contribution < 1.29 is 10.2 Å². The Morgan fingerprint density at radius 3 is 2.75 bits per heavy atom. The molecule has 0 unspecified atom stereocenters. The van der Waals surface area contributed by atoms with Gasteiger partial charge in [0.15, 0.2) is 0 Å². The van der Waals surface area contributed by atoms with Crippen LogP contribution < -0.4 is 10.6 Å². The summed E-state index contributed by atoms with van der Waals surface area (Å²) in [4.78, 5) is 4.04. The molecule has 0 aromatic carbocycles. The maximum absolute atomic E-state index is 10.0. The third-order valence-corrected chi connectivity index (χ3v) is 2.87. The van der Waals surface area contributed by atoms with Gasteiger partial charge in [0, 0.05) is 17.3 Å². The Bertz CT molecular complexity index is 376. The van der Waals surface area contributed by atoms with Crippen molar-refractivity contribution in [1.82, 2.24) is 15.6 Å². The van der Waals surface area contributed by atoms with Gasteiger partial charge in [-0.05, 0) is 26.4 Å². The van der Waals surface area contributed by atoms with Crippen molar-refractivity contribution in [1.29, 1.82) is 0 Å². The first-order valence-corrected chi connectivity index (χ1v) is 5.49. The highest BCUT2D eigenvalue weighted by molar-refractivity contribution is 5.42. The zero-order valence-electron chi connectivity index (χ0n) is 9.32. The van der Waals surface area contributed by atoms with Crippen LogP contribution in [-0.2, 0) is 6.61 Å². The number of aromatic nitrogens is 1. The highest BCUT2D eigenvalue weighted by Gasteiger charge is 2.22. The van der Waals surface area contributed by atoms with Crippen LogP contribution in [0.1, 0.15) is 29.4 Å². The fraction of sp³-hybridized carbons (Fsp3) is 0.545. The number of nitrogens with zero attached hydrogens (tertiary/aromatic N) is 1. The first-order chi connectivity index (χ1) is 7.74. The molecule has 88 valence electrons. The van der Waals surface area contributed by atoms with Crippen LogP contribution >= 0.6 is 0 Å². The van der Waals surface area contributed by atoms with Crippen LogP contribution in [0.5, 0.6) is 5.75 Å². The molecule has 1 fully saturated rings. The third kappa shape index (κ3) is 2.02. The van der Waals surface area contributed by atoms with E-state index in [4.69, 9.17) is 0 Å². The molecule has 2 rings (SSSR count). The summed E-state index contributed by atoms with van der Waals surface area (Å²) in [6, 6.07) is 0. The lowest BCUT2D eigenvalue weighted by Gasteiger charge is -2.27. The highest BCUT2D eigenvalue weighted by atomic mass is 16.3. The number of aryl methyl sites for hydroxylation is 1. The predicted octanol–water partition coefficient (Wildman–Crippen LogP) is 0.169. The molecule has 0 aliphatic carbocycles. The van der Waals surface area contributed by atoms with Crippen LogP contribution in [0.3, 0.4) is 0 Å². The smallest absolute Gasteiger partial charge is 0.143 e. The van der Waals surface area contributed by atoms with Gasteiger partial charge >= 0.3 is 0 Å². The number of aliphatic hydroxyl groups is 1. The highest BCUT2D eigenvalue weighted by Crippen LogP contribution is 2.29. The van der Waals surface area contributed by atoms with Crippen LogP contribution in [0, 0.1) is 6.92 Å². The zero-order valence-corrected chi connectivity index (χ0v) is 9.32. The molecule has 1 aliphatic rings. The molecule has 0 atom stereocenters. The largest absolute Gasteiger partial charge is 0.506 e. The van der Waals surface area contributed by atoms with Gasteiger partial charge in [-0.2, -0.15) is 0 Å². The number of aliphatic hydroxyl groups excluding tert-OH is 1. The van der Waals surface area contributed by atoms with Gasteiger partial charge in [0.1, 0.15) is 5.75 Å². The van der Waals surface area contributed by atoms with Gasteiger partial charge in [-0.3, -0.25) is 15.6 Å². The van der Waals surface area contributed by atoms with Crippen molar-refractivity contribution in [2.45, 2.75) is 26.1 Å². The zero-order chi connectivity index (χ0) is 11.5. The molecule has 0 radical (unpaired) electrons. The molecule has 0 amide bonds. The van der Waals surface area contributed by atoms with E-state index in [1.165, 1.54) is 0 Å². The Balaban J connectivity index is 2.39. The monoisotopic (exact) mass is 223 g/mol. The van der Waals surface area contributed by atoms with Gasteiger partial charge in [0.2, 0.25) is 0 Å². The quantitative estimate of drug-likeness (QED) is 0.575. The van der Waals surface area contributed by atoms with E-state index < -0.39 is 0 Å². The van der Waals surface area contributed by atoms with Gasteiger partial charge < -0.3 is 10.2 Å². The summed E-state index contributed by atoms with van der Waals surface area (Å²) >= 11 is 0. The number of nitrogens with one attached hydrogen (secondary N) is 2. The molecule has 0 bridgehead atoms. The standard InChI is InChI=1S/C11H17N3O2/c1-7-10(16)9(8(6-15)5-14-7)11-12-3-2-4-13-11/h5,11-13,15-16H,2-4,6H2,1H3. The Hall–Kier alpha value is -1.17. The third-order valence-electron chi connectivity index (χ3n) is 2.87. The Kier molecular flexibility index (Phi) is 3.38. The Morgan fingerprint density at radius 1 is 1.44 bits per heavy atom. The van der Waals surface area contributed by atoms with E-state index in [0.717, 1.165) is 25.1 Å². The molecule has 1 aromatic heterocycles. The average molecular weight is 223 g/mol. The SMILES string of the molecule is Cc1ncc(CO)c(C2NCCCN2)c1O. The van der Waals surface area contributed by atoms with Crippen LogP contribution in [-0.4, -0.2) is 28.3 Å². The molecule has 4 N–H and O–H groups in total. The van der Waals surface area contributed by atoms with E-state index in [2.05, 4.69) is 15.6 Å². The van der Waals surface area contributed by atoms with Crippen molar-refractivity contribution in [3.63, 3.8) is 0 Å². The Labute approximate surface area is 94.5 Å². The van der Waals surface area contributed by atoms with Crippen LogP contribution in [0.15, 0.2) is 6.20 Å². The van der Waals surface area contributed by atoms with Crippen molar-refractivity contribution in [3.8, 4) is 5.75 Å². The fourth-order valence-electron chi connectivity index (χ4n) is 1.96. The maximum Gasteiger partial charge on any atom is 0.143 e. The minimum atomic E-state index is -0.115. The number of hydrogen-bond donors (Lipinski definition) is 4. The molecule has 5 nitrogen and oxygen atoms in total. The predicted molar refractivity (Wildman–Crippen MR) is 59.9 cm³/mol. The average Bonchev–Trinajstić information content (AvgIpc) is 2.33. The minimum Gasteiger partial charge on any atom is -0.506 e. The fourth-order valence-corrected chi connectivity index (χ4v) is 1.96. The lowest BCUT2D eigenvalue weighted by molar-refractivity contribution is 0.273. The van der Waals surface area contributed by atoms with Crippen LogP contribution in [0.4, 0.5) is 0 Å². The van der Waals surface area contributed by atoms with Gasteiger partial charge in [0.05, 0.1) is 18.5 Å². The molecule has 0 saturated carbocycles. The molecule has 5 heteroatoms. The summed E-state index contributed by atoms with van der Waals surface area (Å²) in [5.41, 5.74) is 1.96.